The Labute approximate surface area is 77.0 Å². The molecule has 11 heavy (non-hydrogen) atoms. The van der Waals surface area contributed by atoms with E-state index in [1.54, 1.807) is 11.7 Å². The second kappa shape index (κ2) is 4.46. The minimum Gasteiger partial charge on any atom is -0.350 e. The molecule has 0 aliphatic rings. The van der Waals surface area contributed by atoms with Crippen LogP contribution in [-0.2, 0) is 11.3 Å². The Morgan fingerprint density at radius 3 is 3.18 bits per heavy atom. The van der Waals surface area contributed by atoms with Gasteiger partial charge in [-0.2, -0.15) is 0 Å². The zero-order valence-corrected chi connectivity index (χ0v) is 8.11. The second-order valence-corrected chi connectivity index (χ2v) is 3.41. The van der Waals surface area contributed by atoms with E-state index < -0.39 is 0 Å². The van der Waals surface area contributed by atoms with Crippen LogP contribution in [0.1, 0.15) is 4.88 Å². The maximum Gasteiger partial charge on any atom is 0.230 e. The van der Waals surface area contributed by atoms with Gasteiger partial charge in [0.05, 0.1) is 17.4 Å². The van der Waals surface area contributed by atoms with Crippen molar-refractivity contribution < 1.29 is 4.79 Å². The molecular formula is C6H7BrN2OS. The van der Waals surface area contributed by atoms with Gasteiger partial charge in [0.1, 0.15) is 0 Å². The summed E-state index contributed by atoms with van der Waals surface area (Å²) < 4.78 is 0. The number of amides is 1. The van der Waals surface area contributed by atoms with Crippen LogP contribution in [-0.4, -0.2) is 16.2 Å². The third kappa shape index (κ3) is 2.98. The molecule has 0 aromatic carbocycles. The highest BCUT2D eigenvalue weighted by atomic mass is 79.9. The molecule has 0 saturated carbocycles. The molecule has 1 N–H and O–H groups in total. The van der Waals surface area contributed by atoms with Gasteiger partial charge in [-0.25, -0.2) is 0 Å². The average molecular weight is 235 g/mol. The topological polar surface area (TPSA) is 42.0 Å². The highest BCUT2D eigenvalue weighted by Gasteiger charge is 1.98. The summed E-state index contributed by atoms with van der Waals surface area (Å²) in [5, 5.41) is 3.07. The zero-order valence-electron chi connectivity index (χ0n) is 5.71. The van der Waals surface area contributed by atoms with Gasteiger partial charge in [0.25, 0.3) is 0 Å². The zero-order chi connectivity index (χ0) is 8.10. The van der Waals surface area contributed by atoms with Crippen molar-refractivity contribution in [1.29, 1.82) is 0 Å². The van der Waals surface area contributed by atoms with Gasteiger partial charge in [0, 0.05) is 11.1 Å². The first kappa shape index (κ1) is 8.67. The van der Waals surface area contributed by atoms with E-state index in [4.69, 9.17) is 0 Å². The lowest BCUT2D eigenvalue weighted by molar-refractivity contribution is -0.118. The highest BCUT2D eigenvalue weighted by molar-refractivity contribution is 9.09. The summed E-state index contributed by atoms with van der Waals surface area (Å²) in [5.74, 6) is -0.00148. The van der Waals surface area contributed by atoms with Gasteiger partial charge >= 0.3 is 0 Å². The summed E-state index contributed by atoms with van der Waals surface area (Å²) in [7, 11) is 0. The van der Waals surface area contributed by atoms with Crippen LogP contribution in [0.5, 0.6) is 0 Å². The predicted octanol–water partition coefficient (Wildman–Crippen LogP) is 1.15. The van der Waals surface area contributed by atoms with E-state index in [1.165, 1.54) is 11.3 Å². The van der Waals surface area contributed by atoms with Crippen molar-refractivity contribution in [3.63, 3.8) is 0 Å². The van der Waals surface area contributed by atoms with Crippen molar-refractivity contribution in [2.75, 3.05) is 5.33 Å². The molecule has 0 unspecified atom stereocenters. The lowest BCUT2D eigenvalue weighted by Gasteiger charge is -1.97. The van der Waals surface area contributed by atoms with E-state index in [0.29, 0.717) is 11.9 Å². The molecule has 0 fully saturated rings. The van der Waals surface area contributed by atoms with E-state index >= 15 is 0 Å². The van der Waals surface area contributed by atoms with E-state index in [9.17, 15) is 4.79 Å². The van der Waals surface area contributed by atoms with Crippen molar-refractivity contribution in [3.05, 3.63) is 16.6 Å². The first-order valence-corrected chi connectivity index (χ1v) is 5.03. The summed E-state index contributed by atoms with van der Waals surface area (Å²) in [6, 6.07) is 0. The summed E-state index contributed by atoms with van der Waals surface area (Å²) in [6.07, 6.45) is 1.75. The van der Waals surface area contributed by atoms with Gasteiger partial charge < -0.3 is 5.32 Å². The number of nitrogens with zero attached hydrogens (tertiary/aromatic N) is 1. The van der Waals surface area contributed by atoms with Gasteiger partial charge in [0.2, 0.25) is 5.91 Å². The van der Waals surface area contributed by atoms with Crippen LogP contribution in [0.15, 0.2) is 11.7 Å². The Morgan fingerprint density at radius 2 is 2.64 bits per heavy atom. The Morgan fingerprint density at radius 1 is 1.82 bits per heavy atom. The number of carbonyl (C=O) groups is 1. The minimum absolute atomic E-state index is 0.00148. The average Bonchev–Trinajstić information content (AvgIpc) is 2.52. The highest BCUT2D eigenvalue weighted by Crippen LogP contribution is 2.03. The number of nitrogens with one attached hydrogen (secondary N) is 1. The number of aromatic nitrogens is 1. The molecule has 3 nitrogen and oxygen atoms in total. The van der Waals surface area contributed by atoms with Crippen LogP contribution in [0.3, 0.4) is 0 Å². The van der Waals surface area contributed by atoms with Crippen molar-refractivity contribution in [2.24, 2.45) is 0 Å². The molecule has 1 aromatic heterocycles. The van der Waals surface area contributed by atoms with Gasteiger partial charge in [0.15, 0.2) is 0 Å². The van der Waals surface area contributed by atoms with Crippen molar-refractivity contribution in [3.8, 4) is 0 Å². The minimum atomic E-state index is -0.00148. The van der Waals surface area contributed by atoms with Crippen molar-refractivity contribution >= 4 is 33.2 Å². The number of halogens is 1. The van der Waals surface area contributed by atoms with Gasteiger partial charge in [-0.05, 0) is 0 Å². The molecule has 1 amide bonds. The monoisotopic (exact) mass is 234 g/mol. The molecule has 0 saturated heterocycles. The summed E-state index contributed by atoms with van der Waals surface area (Å²) >= 11 is 4.59. The van der Waals surface area contributed by atoms with E-state index in [1.807, 2.05) is 0 Å². The van der Waals surface area contributed by atoms with Crippen LogP contribution in [0.25, 0.3) is 0 Å². The molecule has 1 aromatic rings. The molecule has 0 aliphatic heterocycles. The van der Waals surface area contributed by atoms with Crippen molar-refractivity contribution in [1.82, 2.24) is 10.3 Å². The van der Waals surface area contributed by atoms with Crippen molar-refractivity contribution in [2.45, 2.75) is 6.54 Å². The van der Waals surface area contributed by atoms with Crippen LogP contribution in [0, 0.1) is 0 Å². The molecule has 5 heteroatoms. The van der Waals surface area contributed by atoms with Gasteiger partial charge in [-0.15, -0.1) is 11.3 Å². The first-order chi connectivity index (χ1) is 5.33. The van der Waals surface area contributed by atoms with Crippen LogP contribution < -0.4 is 5.32 Å². The molecule has 0 atom stereocenters. The van der Waals surface area contributed by atoms with Crippen LogP contribution in [0.4, 0.5) is 0 Å². The molecule has 1 heterocycles. The Balaban J connectivity index is 2.29. The molecule has 1 rings (SSSR count). The summed E-state index contributed by atoms with van der Waals surface area (Å²) in [4.78, 5) is 15.7. The van der Waals surface area contributed by atoms with E-state index in [2.05, 4.69) is 26.2 Å². The molecule has 0 bridgehead atoms. The lowest BCUT2D eigenvalue weighted by atomic mass is 10.5. The molecule has 0 aliphatic carbocycles. The smallest absolute Gasteiger partial charge is 0.230 e. The van der Waals surface area contributed by atoms with Gasteiger partial charge in [-0.1, -0.05) is 15.9 Å². The fraction of sp³-hybridized carbons (Fsp3) is 0.333. The Kier molecular flexibility index (Phi) is 3.51. The van der Waals surface area contributed by atoms with E-state index in [-0.39, 0.29) is 5.91 Å². The van der Waals surface area contributed by atoms with Crippen LogP contribution in [0.2, 0.25) is 0 Å². The number of rotatable bonds is 3. The van der Waals surface area contributed by atoms with Gasteiger partial charge in [-0.3, -0.25) is 9.78 Å². The quantitative estimate of drug-likeness (QED) is 0.798. The fourth-order valence-electron chi connectivity index (χ4n) is 0.562. The number of thiazole rings is 1. The fourth-order valence-corrected chi connectivity index (χ4v) is 1.29. The normalized spacial score (nSPS) is 9.55. The third-order valence-electron chi connectivity index (χ3n) is 1.06. The Hall–Kier alpha value is -0.420. The number of alkyl halides is 1. The molecule has 0 spiro atoms. The first-order valence-electron chi connectivity index (χ1n) is 3.03. The predicted molar refractivity (Wildman–Crippen MR) is 47.8 cm³/mol. The molecular weight excluding hydrogens is 228 g/mol. The summed E-state index contributed by atoms with van der Waals surface area (Å²) in [5.41, 5.74) is 1.75. The largest absolute Gasteiger partial charge is 0.350 e. The summed E-state index contributed by atoms with van der Waals surface area (Å²) in [6.45, 7) is 0.578. The van der Waals surface area contributed by atoms with E-state index in [0.717, 1.165) is 4.88 Å². The van der Waals surface area contributed by atoms with Crippen LogP contribution >= 0.6 is 27.3 Å². The molecule has 0 radical (unpaired) electrons. The number of hydrogen-bond acceptors (Lipinski definition) is 3. The standard InChI is InChI=1S/C6H7BrN2OS/c7-1-6(10)9-3-5-2-8-4-11-5/h2,4H,1,3H2,(H,9,10). The SMILES string of the molecule is O=C(CBr)NCc1cncs1. The lowest BCUT2D eigenvalue weighted by Crippen LogP contribution is -2.22. The number of hydrogen-bond donors (Lipinski definition) is 1. The maximum absolute atomic E-state index is 10.7. The maximum atomic E-state index is 10.7. The second-order valence-electron chi connectivity index (χ2n) is 1.88. The third-order valence-corrected chi connectivity index (χ3v) is 2.35. The molecule has 60 valence electrons. The number of carbonyl (C=O) groups excluding carboxylic acids is 1. The Bertz CT molecular complexity index is 224.